The zero-order chi connectivity index (χ0) is 26.5. The van der Waals surface area contributed by atoms with Crippen LogP contribution in [0.25, 0.3) is 10.8 Å². The highest BCUT2D eigenvalue weighted by Crippen LogP contribution is 2.34. The van der Waals surface area contributed by atoms with Gasteiger partial charge in [0.2, 0.25) is 0 Å². The Balaban J connectivity index is 0.00000353. The van der Waals surface area contributed by atoms with Crippen LogP contribution in [-0.4, -0.2) is 43.7 Å². The third kappa shape index (κ3) is 6.41. The largest absolute Gasteiger partial charge is 0.465 e. The lowest BCUT2D eigenvalue weighted by molar-refractivity contribution is 0.0600. The van der Waals surface area contributed by atoms with Crippen molar-refractivity contribution in [3.63, 3.8) is 0 Å². The summed E-state index contributed by atoms with van der Waals surface area (Å²) < 4.78 is 10.4. The van der Waals surface area contributed by atoms with Crippen LogP contribution in [0.3, 0.4) is 0 Å². The predicted molar refractivity (Wildman–Crippen MR) is 156 cm³/mol. The van der Waals surface area contributed by atoms with Crippen LogP contribution in [0.4, 0.5) is 4.79 Å². The number of hydrogen-bond donors (Lipinski definition) is 1. The van der Waals surface area contributed by atoms with E-state index in [2.05, 4.69) is 66.8 Å². The number of carbonyl (C=O) groups excluding carboxylic acids is 2. The van der Waals surface area contributed by atoms with E-state index in [1.807, 2.05) is 18.2 Å². The Hall–Kier alpha value is -3.87. The summed E-state index contributed by atoms with van der Waals surface area (Å²) in [5, 5.41) is 6.23. The molecule has 1 heterocycles. The van der Waals surface area contributed by atoms with Crippen molar-refractivity contribution in [2.45, 2.75) is 18.9 Å². The number of nitrogens with one attached hydrogen (secondary N) is 1. The van der Waals surface area contributed by atoms with Crippen LogP contribution >= 0.6 is 12.4 Å². The maximum atomic E-state index is 13.1. The van der Waals surface area contributed by atoms with Crippen LogP contribution in [0, 0.1) is 5.92 Å². The number of amides is 1. The molecule has 6 nitrogen and oxygen atoms in total. The van der Waals surface area contributed by atoms with Crippen LogP contribution in [0.2, 0.25) is 0 Å². The SMILES string of the molecule is COC(=O)c1ccc(OC(=O)N2C[C@H](CN[C@H](C)c3cccc4ccccc34)[C@@H](c3ccccc3)C2)cc1.Cl. The Morgan fingerprint density at radius 2 is 1.59 bits per heavy atom. The highest BCUT2D eigenvalue weighted by molar-refractivity contribution is 5.89. The molecule has 1 N–H and O–H groups in total. The molecule has 0 unspecified atom stereocenters. The Bertz CT molecular complexity index is 1410. The summed E-state index contributed by atoms with van der Waals surface area (Å²) in [6, 6.07) is 31.8. The van der Waals surface area contributed by atoms with Gasteiger partial charge in [-0.2, -0.15) is 0 Å². The molecule has 5 rings (SSSR count). The van der Waals surface area contributed by atoms with Crippen molar-refractivity contribution in [2.75, 3.05) is 26.7 Å². The van der Waals surface area contributed by atoms with Crippen LogP contribution in [0.15, 0.2) is 97.1 Å². The monoisotopic (exact) mass is 544 g/mol. The standard InChI is InChI=1S/C32H32N2O4.ClH/c1-22(28-14-8-12-23-11-6-7-13-29(23)28)33-19-26-20-34(21-30(26)24-9-4-3-5-10-24)32(36)38-27-17-15-25(16-18-27)31(35)37-2;/h3-18,22,26,30,33H,19-21H2,1-2H3;1H/t22-,26+,30-;/m1./s1. The Kier molecular flexibility index (Phi) is 9.23. The van der Waals surface area contributed by atoms with Crippen LogP contribution in [0.5, 0.6) is 5.75 Å². The summed E-state index contributed by atoms with van der Waals surface area (Å²) in [4.78, 5) is 26.6. The minimum atomic E-state index is -0.429. The quantitative estimate of drug-likeness (QED) is 0.265. The molecule has 1 amide bonds. The fraction of sp³-hybridized carbons (Fsp3) is 0.250. The summed E-state index contributed by atoms with van der Waals surface area (Å²) in [6.07, 6.45) is -0.388. The first-order valence-corrected chi connectivity index (χ1v) is 12.9. The van der Waals surface area contributed by atoms with E-state index < -0.39 is 5.97 Å². The molecule has 0 aromatic heterocycles. The van der Waals surface area contributed by atoms with Gasteiger partial charge in [0.25, 0.3) is 0 Å². The molecule has 3 atom stereocenters. The second-order valence-electron chi connectivity index (χ2n) is 9.76. The van der Waals surface area contributed by atoms with Gasteiger partial charge in [-0.15, -0.1) is 12.4 Å². The molecule has 1 saturated heterocycles. The number of fused-ring (bicyclic) bond motifs is 1. The number of carbonyl (C=O) groups is 2. The normalized spacial score (nSPS) is 17.3. The molecular weight excluding hydrogens is 512 g/mol. The number of nitrogens with zero attached hydrogens (tertiary/aromatic N) is 1. The van der Waals surface area contributed by atoms with Crippen LogP contribution in [0.1, 0.15) is 40.4 Å². The van der Waals surface area contributed by atoms with Gasteiger partial charge in [0.15, 0.2) is 0 Å². The number of benzene rings is 4. The third-order valence-corrected chi connectivity index (χ3v) is 7.38. The molecule has 0 spiro atoms. The van der Waals surface area contributed by atoms with Crippen LogP contribution < -0.4 is 10.1 Å². The Labute approximate surface area is 235 Å². The van der Waals surface area contributed by atoms with Gasteiger partial charge in [-0.25, -0.2) is 9.59 Å². The zero-order valence-electron chi connectivity index (χ0n) is 22.1. The van der Waals surface area contributed by atoms with E-state index in [1.54, 1.807) is 29.2 Å². The minimum Gasteiger partial charge on any atom is -0.465 e. The predicted octanol–water partition coefficient (Wildman–Crippen LogP) is 6.61. The van der Waals surface area contributed by atoms with Gasteiger partial charge in [0.1, 0.15) is 5.75 Å². The van der Waals surface area contributed by atoms with Crippen molar-refractivity contribution in [3.05, 3.63) is 114 Å². The van der Waals surface area contributed by atoms with Gasteiger partial charge < -0.3 is 19.7 Å². The maximum Gasteiger partial charge on any atom is 0.415 e. The lowest BCUT2D eigenvalue weighted by Crippen LogP contribution is -2.33. The molecule has 39 heavy (non-hydrogen) atoms. The van der Waals surface area contributed by atoms with E-state index in [0.717, 1.165) is 6.54 Å². The number of ether oxygens (including phenoxy) is 2. The van der Waals surface area contributed by atoms with Crippen molar-refractivity contribution in [1.29, 1.82) is 0 Å². The molecule has 0 bridgehead atoms. The molecule has 0 radical (unpaired) electrons. The average molecular weight is 545 g/mol. The lowest BCUT2D eigenvalue weighted by Gasteiger charge is -2.23. The fourth-order valence-corrected chi connectivity index (χ4v) is 5.31. The molecule has 7 heteroatoms. The molecule has 1 aliphatic rings. The lowest BCUT2D eigenvalue weighted by atomic mass is 9.88. The second kappa shape index (κ2) is 12.8. The summed E-state index contributed by atoms with van der Waals surface area (Å²) >= 11 is 0. The Morgan fingerprint density at radius 3 is 2.33 bits per heavy atom. The van der Waals surface area contributed by atoms with E-state index in [0.29, 0.717) is 24.4 Å². The van der Waals surface area contributed by atoms with E-state index in [4.69, 9.17) is 9.47 Å². The van der Waals surface area contributed by atoms with Gasteiger partial charge >= 0.3 is 12.1 Å². The van der Waals surface area contributed by atoms with E-state index >= 15 is 0 Å². The second-order valence-corrected chi connectivity index (χ2v) is 9.76. The van der Waals surface area contributed by atoms with Gasteiger partial charge in [0, 0.05) is 31.6 Å². The van der Waals surface area contributed by atoms with Crippen LogP contribution in [-0.2, 0) is 4.74 Å². The molecule has 1 aliphatic heterocycles. The van der Waals surface area contributed by atoms with Gasteiger partial charge in [-0.3, -0.25) is 0 Å². The smallest absolute Gasteiger partial charge is 0.415 e. The number of hydrogen-bond acceptors (Lipinski definition) is 5. The van der Waals surface area contributed by atoms with Gasteiger partial charge in [0.05, 0.1) is 12.7 Å². The first-order chi connectivity index (χ1) is 18.5. The summed E-state index contributed by atoms with van der Waals surface area (Å²) in [5.41, 5.74) is 2.89. The van der Waals surface area contributed by atoms with Crippen molar-refractivity contribution in [2.24, 2.45) is 5.92 Å². The fourth-order valence-electron chi connectivity index (χ4n) is 5.31. The summed E-state index contributed by atoms with van der Waals surface area (Å²) in [6.45, 7) is 4.13. The number of methoxy groups -OCH3 is 1. The summed E-state index contributed by atoms with van der Waals surface area (Å²) in [5.74, 6) is 0.382. The third-order valence-electron chi connectivity index (χ3n) is 7.38. The first-order valence-electron chi connectivity index (χ1n) is 12.9. The van der Waals surface area contributed by atoms with Crippen molar-refractivity contribution in [1.82, 2.24) is 10.2 Å². The van der Waals surface area contributed by atoms with Crippen molar-refractivity contribution < 1.29 is 19.1 Å². The molecule has 1 fully saturated rings. The number of esters is 1. The molecule has 0 aliphatic carbocycles. The van der Waals surface area contributed by atoms with Gasteiger partial charge in [-0.1, -0.05) is 72.8 Å². The van der Waals surface area contributed by atoms with Gasteiger partial charge in [-0.05, 0) is 59.0 Å². The van der Waals surface area contributed by atoms with E-state index in [1.165, 1.54) is 29.0 Å². The topological polar surface area (TPSA) is 67.9 Å². The molecule has 0 saturated carbocycles. The Morgan fingerprint density at radius 1 is 0.897 bits per heavy atom. The summed E-state index contributed by atoms with van der Waals surface area (Å²) in [7, 11) is 1.33. The number of halogens is 1. The minimum absolute atomic E-state index is 0. The molecular formula is C32H33ClN2O4. The van der Waals surface area contributed by atoms with E-state index in [9.17, 15) is 9.59 Å². The maximum absolute atomic E-state index is 13.1. The van der Waals surface area contributed by atoms with Crippen molar-refractivity contribution >= 4 is 35.2 Å². The molecule has 202 valence electrons. The average Bonchev–Trinajstić information content (AvgIpc) is 3.40. The number of rotatable bonds is 7. The van der Waals surface area contributed by atoms with E-state index in [-0.39, 0.29) is 36.4 Å². The highest BCUT2D eigenvalue weighted by Gasteiger charge is 2.37. The number of likely N-dealkylation sites (tertiary alicyclic amines) is 1. The molecule has 4 aromatic rings. The molecule has 4 aromatic carbocycles. The zero-order valence-corrected chi connectivity index (χ0v) is 22.9. The highest BCUT2D eigenvalue weighted by atomic mass is 35.5. The first kappa shape index (κ1) is 28.1. The van der Waals surface area contributed by atoms with Crippen molar-refractivity contribution in [3.8, 4) is 5.75 Å².